The predicted octanol–water partition coefficient (Wildman–Crippen LogP) is 4.23. The van der Waals surface area contributed by atoms with Gasteiger partial charge in [-0.15, -0.1) is 0 Å². The standard InChI is InChI=1S/C26H25F2N3O5/c1-34-19-12-20(27)22(21(28)13-19)23(35-2)25(32)30-14-16-8-10-18(11-9-16)24(29)31-26(33)36-15-17-6-4-3-5-7-17/h3-13,23H,14-15H2,1-2H3,(H,30,32)(H2,29,31,33). The van der Waals surface area contributed by atoms with E-state index in [1.807, 2.05) is 30.3 Å². The number of hydrogen-bond acceptors (Lipinski definition) is 6. The zero-order chi connectivity index (χ0) is 26.1. The highest BCUT2D eigenvalue weighted by Gasteiger charge is 2.27. The fourth-order valence-corrected chi connectivity index (χ4v) is 3.29. The highest BCUT2D eigenvalue weighted by atomic mass is 19.1. The summed E-state index contributed by atoms with van der Waals surface area (Å²) in [5.41, 5.74) is 1.36. The van der Waals surface area contributed by atoms with E-state index >= 15 is 0 Å². The van der Waals surface area contributed by atoms with Crippen LogP contribution in [0.3, 0.4) is 0 Å². The van der Waals surface area contributed by atoms with E-state index in [0.29, 0.717) is 11.1 Å². The van der Waals surface area contributed by atoms with Crippen molar-refractivity contribution in [2.45, 2.75) is 19.3 Å². The topological polar surface area (TPSA) is 110 Å². The molecule has 0 saturated heterocycles. The molecule has 1 atom stereocenters. The number of methoxy groups -OCH3 is 2. The van der Waals surface area contributed by atoms with Gasteiger partial charge in [0, 0.05) is 31.4 Å². The van der Waals surface area contributed by atoms with Crippen molar-refractivity contribution in [3.8, 4) is 5.75 Å². The number of carbonyl (C=O) groups is 2. The first-order valence-corrected chi connectivity index (χ1v) is 10.8. The fraction of sp³-hybridized carbons (Fsp3) is 0.192. The summed E-state index contributed by atoms with van der Waals surface area (Å²) >= 11 is 0. The Balaban J connectivity index is 1.54. The van der Waals surface area contributed by atoms with Crippen LogP contribution in [0.1, 0.15) is 28.4 Å². The number of halogens is 2. The zero-order valence-corrected chi connectivity index (χ0v) is 19.6. The van der Waals surface area contributed by atoms with E-state index in [9.17, 15) is 18.4 Å². The maximum atomic E-state index is 14.4. The van der Waals surface area contributed by atoms with Crippen LogP contribution in [0.25, 0.3) is 0 Å². The van der Waals surface area contributed by atoms with E-state index < -0.39 is 35.3 Å². The first kappa shape index (κ1) is 26.3. The molecule has 0 fully saturated rings. The summed E-state index contributed by atoms with van der Waals surface area (Å²) < 4.78 is 43.7. The first-order chi connectivity index (χ1) is 17.3. The molecule has 0 bridgehead atoms. The van der Waals surface area contributed by atoms with Gasteiger partial charge >= 0.3 is 6.09 Å². The minimum absolute atomic E-state index is 0.0198. The minimum Gasteiger partial charge on any atom is -0.497 e. The van der Waals surface area contributed by atoms with Crippen molar-refractivity contribution >= 4 is 17.8 Å². The lowest BCUT2D eigenvalue weighted by Crippen LogP contribution is -2.31. The van der Waals surface area contributed by atoms with Crippen molar-refractivity contribution in [2.24, 2.45) is 0 Å². The minimum atomic E-state index is -1.51. The molecule has 0 radical (unpaired) electrons. The molecule has 36 heavy (non-hydrogen) atoms. The molecule has 2 amide bonds. The Morgan fingerprint density at radius 1 is 0.944 bits per heavy atom. The summed E-state index contributed by atoms with van der Waals surface area (Å²) in [6, 6.07) is 17.5. The monoisotopic (exact) mass is 497 g/mol. The second kappa shape index (κ2) is 12.4. The highest BCUT2D eigenvalue weighted by molar-refractivity contribution is 6.04. The van der Waals surface area contributed by atoms with Crippen LogP contribution >= 0.6 is 0 Å². The Bertz CT molecular complexity index is 1200. The van der Waals surface area contributed by atoms with Gasteiger partial charge in [0.15, 0.2) is 6.10 Å². The van der Waals surface area contributed by atoms with Crippen LogP contribution in [-0.4, -0.2) is 32.1 Å². The van der Waals surface area contributed by atoms with Gasteiger partial charge in [-0.3, -0.25) is 15.5 Å². The lowest BCUT2D eigenvalue weighted by molar-refractivity contribution is -0.131. The van der Waals surface area contributed by atoms with E-state index in [1.165, 1.54) is 14.2 Å². The average Bonchev–Trinajstić information content (AvgIpc) is 2.88. The largest absolute Gasteiger partial charge is 0.497 e. The van der Waals surface area contributed by atoms with Gasteiger partial charge in [0.2, 0.25) is 0 Å². The van der Waals surface area contributed by atoms with E-state index in [2.05, 4.69) is 10.6 Å². The summed E-state index contributed by atoms with van der Waals surface area (Å²) in [4.78, 5) is 24.5. The molecule has 0 saturated carbocycles. The van der Waals surface area contributed by atoms with Gasteiger partial charge in [0.05, 0.1) is 12.7 Å². The molecule has 3 rings (SSSR count). The lowest BCUT2D eigenvalue weighted by Gasteiger charge is -2.18. The van der Waals surface area contributed by atoms with Crippen LogP contribution in [0.5, 0.6) is 5.75 Å². The summed E-state index contributed by atoms with van der Waals surface area (Å²) in [5.74, 6) is -2.85. The quantitative estimate of drug-likeness (QED) is 0.303. The fourth-order valence-electron chi connectivity index (χ4n) is 3.29. The molecular weight excluding hydrogens is 472 g/mol. The third kappa shape index (κ3) is 6.86. The Labute approximate surface area is 206 Å². The summed E-state index contributed by atoms with van der Waals surface area (Å²) in [5, 5.41) is 13.0. The van der Waals surface area contributed by atoms with Crippen LogP contribution < -0.4 is 15.4 Å². The molecule has 10 heteroatoms. The van der Waals surface area contributed by atoms with Crippen molar-refractivity contribution in [1.82, 2.24) is 10.6 Å². The number of alkyl carbamates (subject to hydrolysis) is 1. The van der Waals surface area contributed by atoms with Gasteiger partial charge in [0.25, 0.3) is 5.91 Å². The Morgan fingerprint density at radius 3 is 2.17 bits per heavy atom. The molecule has 3 aromatic rings. The molecule has 188 valence electrons. The number of ether oxygens (including phenoxy) is 3. The van der Waals surface area contributed by atoms with Crippen LogP contribution in [0.15, 0.2) is 66.7 Å². The number of hydrogen-bond donors (Lipinski definition) is 3. The summed E-state index contributed by atoms with van der Waals surface area (Å²) in [6.45, 7) is 0.115. The van der Waals surface area contributed by atoms with E-state index in [4.69, 9.17) is 19.6 Å². The molecule has 0 aromatic heterocycles. The van der Waals surface area contributed by atoms with Crippen molar-refractivity contribution < 1.29 is 32.6 Å². The third-order valence-corrected chi connectivity index (χ3v) is 5.17. The number of rotatable bonds is 9. The number of amides is 2. The van der Waals surface area contributed by atoms with E-state index in [-0.39, 0.29) is 24.7 Å². The molecule has 8 nitrogen and oxygen atoms in total. The van der Waals surface area contributed by atoms with Gasteiger partial charge < -0.3 is 19.5 Å². The number of carbonyl (C=O) groups excluding carboxylic acids is 2. The number of amidine groups is 1. The molecule has 0 spiro atoms. The van der Waals surface area contributed by atoms with Crippen LogP contribution in [0, 0.1) is 17.0 Å². The smallest absolute Gasteiger partial charge is 0.413 e. The van der Waals surface area contributed by atoms with Crippen LogP contribution in [0.4, 0.5) is 13.6 Å². The van der Waals surface area contributed by atoms with Gasteiger partial charge in [0.1, 0.15) is 29.8 Å². The molecule has 0 aliphatic heterocycles. The normalized spacial score (nSPS) is 11.3. The van der Waals surface area contributed by atoms with E-state index in [0.717, 1.165) is 17.7 Å². The lowest BCUT2D eigenvalue weighted by atomic mass is 10.1. The Hall–Kier alpha value is -4.31. The van der Waals surface area contributed by atoms with Gasteiger partial charge in [-0.25, -0.2) is 13.6 Å². The van der Waals surface area contributed by atoms with Crippen molar-refractivity contribution in [3.05, 3.63) is 101 Å². The molecular formula is C26H25F2N3O5. The Kier molecular flexibility index (Phi) is 9.07. The maximum absolute atomic E-state index is 14.4. The first-order valence-electron chi connectivity index (χ1n) is 10.8. The second-order valence-corrected chi connectivity index (χ2v) is 7.60. The van der Waals surface area contributed by atoms with Crippen LogP contribution in [-0.2, 0) is 27.4 Å². The molecule has 1 unspecified atom stereocenters. The highest BCUT2D eigenvalue weighted by Crippen LogP contribution is 2.28. The Morgan fingerprint density at radius 2 is 1.58 bits per heavy atom. The average molecular weight is 497 g/mol. The number of benzene rings is 3. The van der Waals surface area contributed by atoms with Gasteiger partial charge in [-0.05, 0) is 11.1 Å². The van der Waals surface area contributed by atoms with Gasteiger partial charge in [-0.2, -0.15) is 0 Å². The SMILES string of the molecule is COc1cc(F)c(C(OC)C(=O)NCc2ccc(C(=N)NC(=O)OCc3ccccc3)cc2)c(F)c1. The molecule has 0 aliphatic carbocycles. The van der Waals surface area contributed by atoms with Crippen molar-refractivity contribution in [2.75, 3.05) is 14.2 Å². The van der Waals surface area contributed by atoms with E-state index in [1.54, 1.807) is 24.3 Å². The molecule has 3 aromatic carbocycles. The predicted molar refractivity (Wildman–Crippen MR) is 128 cm³/mol. The maximum Gasteiger partial charge on any atom is 0.413 e. The number of nitrogens with one attached hydrogen (secondary N) is 3. The molecule has 0 heterocycles. The molecule has 0 aliphatic rings. The summed E-state index contributed by atoms with van der Waals surface area (Å²) in [6.07, 6.45) is -2.27. The van der Waals surface area contributed by atoms with Crippen molar-refractivity contribution in [1.29, 1.82) is 5.41 Å². The third-order valence-electron chi connectivity index (χ3n) is 5.17. The summed E-state index contributed by atoms with van der Waals surface area (Å²) in [7, 11) is 2.44. The van der Waals surface area contributed by atoms with Crippen LogP contribution in [0.2, 0.25) is 0 Å². The second-order valence-electron chi connectivity index (χ2n) is 7.60. The van der Waals surface area contributed by atoms with Gasteiger partial charge in [-0.1, -0.05) is 54.6 Å². The zero-order valence-electron chi connectivity index (χ0n) is 19.6. The van der Waals surface area contributed by atoms with Crippen molar-refractivity contribution in [3.63, 3.8) is 0 Å². The molecule has 3 N–H and O–H groups in total.